The number of carboxylic acid groups (broad SMARTS) is 1. The highest BCUT2D eigenvalue weighted by Crippen LogP contribution is 2.44. The Labute approximate surface area is 152 Å². The Balaban J connectivity index is 1.78. The molecule has 2 aromatic carbocycles. The lowest BCUT2D eigenvalue weighted by atomic mass is 9.66. The molecule has 4 nitrogen and oxygen atoms in total. The molecular formula is C21H22FNO3. The molecule has 0 spiro atoms. The molecule has 136 valence electrons. The molecule has 1 aliphatic rings. The van der Waals surface area contributed by atoms with Gasteiger partial charge in [-0.2, -0.15) is 0 Å². The van der Waals surface area contributed by atoms with Gasteiger partial charge in [0.25, 0.3) is 0 Å². The van der Waals surface area contributed by atoms with Crippen molar-refractivity contribution in [2.45, 2.75) is 38.1 Å². The zero-order valence-corrected chi connectivity index (χ0v) is 14.5. The first-order valence-corrected chi connectivity index (χ1v) is 8.81. The highest BCUT2D eigenvalue weighted by Gasteiger charge is 2.46. The number of hydrogen-bond acceptors (Lipinski definition) is 2. The molecule has 1 aliphatic carbocycles. The van der Waals surface area contributed by atoms with E-state index in [1.165, 1.54) is 6.07 Å². The van der Waals surface area contributed by atoms with Gasteiger partial charge in [0.2, 0.25) is 5.91 Å². The van der Waals surface area contributed by atoms with E-state index in [0.29, 0.717) is 24.8 Å². The van der Waals surface area contributed by atoms with E-state index in [1.54, 1.807) is 18.2 Å². The maximum Gasteiger partial charge on any atom is 0.310 e. The van der Waals surface area contributed by atoms with Crippen LogP contribution >= 0.6 is 0 Å². The van der Waals surface area contributed by atoms with E-state index in [9.17, 15) is 19.1 Å². The van der Waals surface area contributed by atoms with Gasteiger partial charge in [-0.1, -0.05) is 55.0 Å². The second-order valence-corrected chi connectivity index (χ2v) is 6.95. The minimum atomic E-state index is -0.962. The SMILES string of the molecule is O=C(CC1(C(=O)O)CCC1)NC(Cc1ccccc1)c1ccccc1F. The van der Waals surface area contributed by atoms with Crippen molar-refractivity contribution in [2.24, 2.45) is 5.41 Å². The fourth-order valence-corrected chi connectivity index (χ4v) is 3.47. The van der Waals surface area contributed by atoms with E-state index in [-0.39, 0.29) is 18.1 Å². The van der Waals surface area contributed by atoms with Gasteiger partial charge in [0.15, 0.2) is 0 Å². The molecule has 0 saturated heterocycles. The average Bonchev–Trinajstić information content (AvgIpc) is 2.58. The monoisotopic (exact) mass is 355 g/mol. The Morgan fingerprint density at radius 3 is 2.31 bits per heavy atom. The lowest BCUT2D eigenvalue weighted by molar-refractivity contribution is -0.157. The van der Waals surface area contributed by atoms with Crippen LogP contribution in [-0.2, 0) is 16.0 Å². The number of aliphatic carboxylic acids is 1. The summed E-state index contributed by atoms with van der Waals surface area (Å²) in [7, 11) is 0. The van der Waals surface area contributed by atoms with Crippen molar-refractivity contribution in [1.29, 1.82) is 0 Å². The van der Waals surface area contributed by atoms with Crippen LogP contribution < -0.4 is 5.32 Å². The van der Waals surface area contributed by atoms with Crippen molar-refractivity contribution in [3.8, 4) is 0 Å². The summed E-state index contributed by atoms with van der Waals surface area (Å²) in [4.78, 5) is 24.0. The lowest BCUT2D eigenvalue weighted by Gasteiger charge is -2.37. The van der Waals surface area contributed by atoms with Crippen molar-refractivity contribution in [3.63, 3.8) is 0 Å². The van der Waals surface area contributed by atoms with Gasteiger partial charge in [0, 0.05) is 12.0 Å². The molecule has 5 heteroatoms. The van der Waals surface area contributed by atoms with Gasteiger partial charge < -0.3 is 10.4 Å². The number of carbonyl (C=O) groups excluding carboxylic acids is 1. The summed E-state index contributed by atoms with van der Waals surface area (Å²) in [6, 6.07) is 15.3. The molecule has 0 bridgehead atoms. The molecular weight excluding hydrogens is 333 g/mol. The Kier molecular flexibility index (Phi) is 5.35. The third-order valence-electron chi connectivity index (χ3n) is 5.16. The number of carboxylic acids is 1. The van der Waals surface area contributed by atoms with Crippen LogP contribution in [0.4, 0.5) is 4.39 Å². The molecule has 0 aromatic heterocycles. The molecule has 0 heterocycles. The van der Waals surface area contributed by atoms with Gasteiger partial charge in [-0.05, 0) is 30.9 Å². The molecule has 2 N–H and O–H groups in total. The van der Waals surface area contributed by atoms with Crippen molar-refractivity contribution < 1.29 is 19.1 Å². The molecule has 1 unspecified atom stereocenters. The number of nitrogens with one attached hydrogen (secondary N) is 1. The Morgan fingerprint density at radius 2 is 1.73 bits per heavy atom. The Morgan fingerprint density at radius 1 is 1.08 bits per heavy atom. The second-order valence-electron chi connectivity index (χ2n) is 6.95. The summed E-state index contributed by atoms with van der Waals surface area (Å²) in [6.07, 6.45) is 2.22. The van der Waals surface area contributed by atoms with E-state index in [4.69, 9.17) is 0 Å². The lowest BCUT2D eigenvalue weighted by Crippen LogP contribution is -2.43. The van der Waals surface area contributed by atoms with E-state index >= 15 is 0 Å². The minimum Gasteiger partial charge on any atom is -0.481 e. The quantitative estimate of drug-likeness (QED) is 0.792. The molecule has 1 amide bonds. The van der Waals surface area contributed by atoms with Gasteiger partial charge in [0.1, 0.15) is 5.82 Å². The van der Waals surface area contributed by atoms with Crippen LogP contribution in [0.5, 0.6) is 0 Å². The smallest absolute Gasteiger partial charge is 0.310 e. The van der Waals surface area contributed by atoms with E-state index < -0.39 is 17.4 Å². The van der Waals surface area contributed by atoms with E-state index in [0.717, 1.165) is 12.0 Å². The summed E-state index contributed by atoms with van der Waals surface area (Å²) in [5.74, 6) is -1.66. The molecule has 3 rings (SSSR count). The zero-order chi connectivity index (χ0) is 18.6. The van der Waals surface area contributed by atoms with Crippen LogP contribution in [0.25, 0.3) is 0 Å². The summed E-state index contributed by atoms with van der Waals surface area (Å²) in [6.45, 7) is 0. The third kappa shape index (κ3) is 3.93. The van der Waals surface area contributed by atoms with E-state index in [2.05, 4.69) is 5.32 Å². The molecule has 26 heavy (non-hydrogen) atoms. The molecule has 1 saturated carbocycles. The maximum atomic E-state index is 14.3. The topological polar surface area (TPSA) is 66.4 Å². The Hall–Kier alpha value is -2.69. The van der Waals surface area contributed by atoms with Crippen LogP contribution in [0.1, 0.15) is 42.9 Å². The zero-order valence-electron chi connectivity index (χ0n) is 14.5. The molecule has 1 fully saturated rings. The summed E-state index contributed by atoms with van der Waals surface area (Å²) >= 11 is 0. The molecule has 0 aliphatic heterocycles. The summed E-state index contributed by atoms with van der Waals surface area (Å²) < 4.78 is 14.3. The van der Waals surface area contributed by atoms with Crippen LogP contribution in [0.3, 0.4) is 0 Å². The van der Waals surface area contributed by atoms with Crippen molar-refractivity contribution >= 4 is 11.9 Å². The van der Waals surface area contributed by atoms with Crippen LogP contribution in [-0.4, -0.2) is 17.0 Å². The second kappa shape index (κ2) is 7.68. The van der Waals surface area contributed by atoms with Gasteiger partial charge in [-0.3, -0.25) is 9.59 Å². The van der Waals surface area contributed by atoms with Gasteiger partial charge in [0.05, 0.1) is 11.5 Å². The van der Waals surface area contributed by atoms with Gasteiger partial charge >= 0.3 is 5.97 Å². The third-order valence-corrected chi connectivity index (χ3v) is 5.16. The van der Waals surface area contributed by atoms with E-state index in [1.807, 2.05) is 30.3 Å². The maximum absolute atomic E-state index is 14.3. The Bertz CT molecular complexity index is 787. The first-order valence-electron chi connectivity index (χ1n) is 8.81. The number of benzene rings is 2. The average molecular weight is 355 g/mol. The highest BCUT2D eigenvalue weighted by atomic mass is 19.1. The fourth-order valence-electron chi connectivity index (χ4n) is 3.47. The first kappa shape index (κ1) is 18.1. The van der Waals surface area contributed by atoms with Crippen molar-refractivity contribution in [3.05, 3.63) is 71.5 Å². The largest absolute Gasteiger partial charge is 0.481 e. The van der Waals surface area contributed by atoms with Gasteiger partial charge in [-0.25, -0.2) is 4.39 Å². The number of carbonyl (C=O) groups is 2. The minimum absolute atomic E-state index is 0.0674. The molecule has 2 aromatic rings. The summed E-state index contributed by atoms with van der Waals surface area (Å²) in [5, 5.41) is 12.3. The van der Waals surface area contributed by atoms with Crippen molar-refractivity contribution in [2.75, 3.05) is 0 Å². The number of amides is 1. The van der Waals surface area contributed by atoms with Crippen LogP contribution in [0, 0.1) is 11.2 Å². The highest BCUT2D eigenvalue weighted by molar-refractivity contribution is 5.85. The van der Waals surface area contributed by atoms with Crippen LogP contribution in [0.15, 0.2) is 54.6 Å². The van der Waals surface area contributed by atoms with Gasteiger partial charge in [-0.15, -0.1) is 0 Å². The fraction of sp³-hybridized carbons (Fsp3) is 0.333. The first-order chi connectivity index (χ1) is 12.5. The predicted molar refractivity (Wildman–Crippen MR) is 96.0 cm³/mol. The van der Waals surface area contributed by atoms with Crippen LogP contribution in [0.2, 0.25) is 0 Å². The number of rotatable bonds is 7. The molecule has 1 atom stereocenters. The standard InChI is InChI=1S/C21H22FNO3/c22-17-10-5-4-9-16(17)18(13-15-7-2-1-3-8-15)23-19(24)14-21(20(25)26)11-6-12-21/h1-5,7-10,18H,6,11-14H2,(H,23,24)(H,25,26). The predicted octanol–water partition coefficient (Wildman–Crippen LogP) is 3.87. The number of hydrogen-bond donors (Lipinski definition) is 2. The normalized spacial score (nSPS) is 16.3. The molecule has 0 radical (unpaired) electrons. The van der Waals surface area contributed by atoms with Crippen molar-refractivity contribution in [1.82, 2.24) is 5.32 Å². The number of halogens is 1. The summed E-state index contributed by atoms with van der Waals surface area (Å²) in [5.41, 5.74) is 0.414.